The maximum absolute atomic E-state index is 9.98. The molecular formula is C13H15Br2N3O2. The molecule has 0 radical (unpaired) electrons. The molecule has 2 aromatic rings. The summed E-state index contributed by atoms with van der Waals surface area (Å²) in [6.45, 7) is 0.870. The zero-order valence-electron chi connectivity index (χ0n) is 10.9. The van der Waals surface area contributed by atoms with E-state index in [9.17, 15) is 5.11 Å². The highest BCUT2D eigenvalue weighted by atomic mass is 79.9. The summed E-state index contributed by atoms with van der Waals surface area (Å²) >= 11 is 6.89. The number of benzene rings is 1. The molecule has 1 aromatic heterocycles. The van der Waals surface area contributed by atoms with Crippen molar-refractivity contribution >= 4 is 37.5 Å². The van der Waals surface area contributed by atoms with Crippen molar-refractivity contribution < 1.29 is 9.84 Å². The zero-order chi connectivity index (χ0) is 14.5. The van der Waals surface area contributed by atoms with Crippen LogP contribution in [0.4, 0.5) is 5.69 Å². The number of hydrogen-bond acceptors (Lipinski definition) is 4. The highest BCUT2D eigenvalue weighted by Crippen LogP contribution is 2.34. The summed E-state index contributed by atoms with van der Waals surface area (Å²) < 4.78 is 8.72. The molecule has 1 atom stereocenters. The normalized spacial score (nSPS) is 12.2. The molecule has 0 saturated carbocycles. The van der Waals surface area contributed by atoms with Gasteiger partial charge in [0.15, 0.2) is 0 Å². The highest BCUT2D eigenvalue weighted by molar-refractivity contribution is 9.11. The van der Waals surface area contributed by atoms with Crippen molar-refractivity contribution in [1.29, 1.82) is 0 Å². The molecule has 0 fully saturated rings. The van der Waals surface area contributed by atoms with Crippen LogP contribution in [0.1, 0.15) is 0 Å². The standard InChI is InChI=1S/C13H15Br2N3O2/c1-20-13-6-12(10(14)5-11(13)15)16-7-9(19)8-18-4-2-3-17-18/h2-6,9,16,19H,7-8H2,1H3. The number of halogens is 2. The Labute approximate surface area is 134 Å². The molecule has 0 spiro atoms. The number of aliphatic hydroxyl groups is 1. The van der Waals surface area contributed by atoms with Gasteiger partial charge in [0.1, 0.15) is 5.75 Å². The summed E-state index contributed by atoms with van der Waals surface area (Å²) in [6, 6.07) is 5.60. The fourth-order valence-corrected chi connectivity index (χ4v) is 3.03. The Kier molecular flexibility index (Phi) is 5.45. The van der Waals surface area contributed by atoms with Gasteiger partial charge in [-0.05, 0) is 44.0 Å². The Morgan fingerprint density at radius 2 is 2.20 bits per heavy atom. The average molecular weight is 405 g/mol. The smallest absolute Gasteiger partial charge is 0.135 e. The van der Waals surface area contributed by atoms with Crippen LogP contribution >= 0.6 is 31.9 Å². The van der Waals surface area contributed by atoms with Gasteiger partial charge in [0, 0.05) is 29.5 Å². The Bertz CT molecular complexity index is 561. The Hall–Kier alpha value is -1.05. The summed E-state index contributed by atoms with van der Waals surface area (Å²) in [5.74, 6) is 0.734. The van der Waals surface area contributed by atoms with Crippen LogP contribution in [-0.2, 0) is 6.54 Å². The molecule has 0 bridgehead atoms. The van der Waals surface area contributed by atoms with Gasteiger partial charge >= 0.3 is 0 Å². The largest absolute Gasteiger partial charge is 0.495 e. The Morgan fingerprint density at radius 1 is 1.40 bits per heavy atom. The third-order valence-corrected chi connectivity index (χ3v) is 4.00. The van der Waals surface area contributed by atoms with Gasteiger partial charge in [-0.1, -0.05) is 0 Å². The van der Waals surface area contributed by atoms with Crippen LogP contribution in [0.25, 0.3) is 0 Å². The maximum atomic E-state index is 9.98. The van der Waals surface area contributed by atoms with E-state index in [0.29, 0.717) is 13.1 Å². The molecular weight excluding hydrogens is 390 g/mol. The third kappa shape index (κ3) is 3.97. The molecule has 108 valence electrons. The lowest BCUT2D eigenvalue weighted by molar-refractivity contribution is 0.161. The molecule has 0 saturated heterocycles. The van der Waals surface area contributed by atoms with Gasteiger partial charge < -0.3 is 15.2 Å². The van der Waals surface area contributed by atoms with Crippen LogP contribution in [0.3, 0.4) is 0 Å². The zero-order valence-corrected chi connectivity index (χ0v) is 14.1. The van der Waals surface area contributed by atoms with Gasteiger partial charge in [0.25, 0.3) is 0 Å². The first-order chi connectivity index (χ1) is 9.60. The molecule has 1 unspecified atom stereocenters. The molecule has 2 rings (SSSR count). The minimum Gasteiger partial charge on any atom is -0.495 e. The number of nitrogens with one attached hydrogen (secondary N) is 1. The van der Waals surface area contributed by atoms with Gasteiger partial charge in [-0.25, -0.2) is 0 Å². The average Bonchev–Trinajstić information content (AvgIpc) is 2.90. The number of anilines is 1. The van der Waals surface area contributed by atoms with E-state index < -0.39 is 6.10 Å². The van der Waals surface area contributed by atoms with E-state index >= 15 is 0 Å². The second-order valence-electron chi connectivity index (χ2n) is 4.23. The summed E-state index contributed by atoms with van der Waals surface area (Å²) in [6.07, 6.45) is 2.98. The lowest BCUT2D eigenvalue weighted by Gasteiger charge is -2.15. The molecule has 1 heterocycles. The summed E-state index contributed by atoms with van der Waals surface area (Å²) in [5.41, 5.74) is 0.865. The number of nitrogens with zero attached hydrogens (tertiary/aromatic N) is 2. The van der Waals surface area contributed by atoms with Gasteiger partial charge in [-0.2, -0.15) is 5.10 Å². The number of aliphatic hydroxyl groups excluding tert-OH is 1. The summed E-state index contributed by atoms with van der Waals surface area (Å²) in [4.78, 5) is 0. The van der Waals surface area contributed by atoms with Crippen LogP contribution in [0.2, 0.25) is 0 Å². The van der Waals surface area contributed by atoms with Crippen molar-refractivity contribution in [3.05, 3.63) is 39.5 Å². The van der Waals surface area contributed by atoms with Crippen molar-refractivity contribution in [1.82, 2.24) is 9.78 Å². The van der Waals surface area contributed by atoms with Crippen molar-refractivity contribution in [3.8, 4) is 5.75 Å². The molecule has 7 heteroatoms. The van der Waals surface area contributed by atoms with Crippen LogP contribution < -0.4 is 10.1 Å². The molecule has 1 aromatic carbocycles. The summed E-state index contributed by atoms with van der Waals surface area (Å²) in [5, 5.41) is 17.2. The monoisotopic (exact) mass is 403 g/mol. The van der Waals surface area contributed by atoms with Crippen LogP contribution in [0.15, 0.2) is 39.5 Å². The van der Waals surface area contributed by atoms with E-state index in [0.717, 1.165) is 20.4 Å². The van der Waals surface area contributed by atoms with E-state index in [1.165, 1.54) is 0 Å². The van der Waals surface area contributed by atoms with Gasteiger partial charge in [-0.3, -0.25) is 4.68 Å². The van der Waals surface area contributed by atoms with Crippen LogP contribution in [0, 0.1) is 0 Å². The van der Waals surface area contributed by atoms with Gasteiger partial charge in [0.2, 0.25) is 0 Å². The summed E-state index contributed by atoms with van der Waals surface area (Å²) in [7, 11) is 1.62. The maximum Gasteiger partial charge on any atom is 0.135 e. The SMILES string of the molecule is COc1cc(NCC(O)Cn2cccn2)c(Br)cc1Br. The molecule has 5 nitrogen and oxygen atoms in total. The van der Waals surface area contributed by atoms with Crippen molar-refractivity contribution in [2.24, 2.45) is 0 Å². The number of ether oxygens (including phenoxy) is 1. The lowest BCUT2D eigenvalue weighted by atomic mass is 10.2. The third-order valence-electron chi connectivity index (χ3n) is 2.73. The Balaban J connectivity index is 1.96. The number of rotatable bonds is 6. The molecule has 0 amide bonds. The molecule has 0 aliphatic rings. The van der Waals surface area contributed by atoms with Gasteiger partial charge in [0.05, 0.1) is 29.9 Å². The topological polar surface area (TPSA) is 59.3 Å². The van der Waals surface area contributed by atoms with Crippen molar-refractivity contribution in [3.63, 3.8) is 0 Å². The first-order valence-electron chi connectivity index (χ1n) is 6.02. The van der Waals surface area contributed by atoms with E-state index in [2.05, 4.69) is 42.3 Å². The first kappa shape index (κ1) is 15.3. The second-order valence-corrected chi connectivity index (χ2v) is 5.94. The predicted octanol–water partition coefficient (Wildman–Crippen LogP) is 2.89. The van der Waals surface area contributed by atoms with E-state index in [4.69, 9.17) is 4.74 Å². The minimum atomic E-state index is -0.531. The van der Waals surface area contributed by atoms with E-state index in [1.54, 1.807) is 18.0 Å². The predicted molar refractivity (Wildman–Crippen MR) is 85.1 cm³/mol. The number of hydrogen-bond donors (Lipinski definition) is 2. The number of aromatic nitrogens is 2. The van der Waals surface area contributed by atoms with Crippen molar-refractivity contribution in [2.75, 3.05) is 19.0 Å². The quantitative estimate of drug-likeness (QED) is 0.777. The minimum absolute atomic E-state index is 0.420. The molecule has 20 heavy (non-hydrogen) atoms. The van der Waals surface area contributed by atoms with Crippen molar-refractivity contribution in [2.45, 2.75) is 12.6 Å². The fraction of sp³-hybridized carbons (Fsp3) is 0.308. The molecule has 0 aliphatic heterocycles. The Morgan fingerprint density at radius 3 is 2.85 bits per heavy atom. The molecule has 2 N–H and O–H groups in total. The van der Waals surface area contributed by atoms with E-state index in [1.807, 2.05) is 24.4 Å². The van der Waals surface area contributed by atoms with Gasteiger partial charge in [-0.15, -0.1) is 0 Å². The molecule has 0 aliphatic carbocycles. The van der Waals surface area contributed by atoms with E-state index in [-0.39, 0.29) is 0 Å². The van der Waals surface area contributed by atoms with Crippen LogP contribution in [-0.4, -0.2) is 34.6 Å². The lowest BCUT2D eigenvalue weighted by Crippen LogP contribution is -2.25. The van der Waals surface area contributed by atoms with Crippen LogP contribution in [0.5, 0.6) is 5.75 Å². The second kappa shape index (κ2) is 7.10. The highest BCUT2D eigenvalue weighted by Gasteiger charge is 2.10. The first-order valence-corrected chi connectivity index (χ1v) is 7.61. The number of methoxy groups -OCH3 is 1. The fourth-order valence-electron chi connectivity index (χ4n) is 1.74.